The van der Waals surface area contributed by atoms with Gasteiger partial charge in [0.1, 0.15) is 5.69 Å². The summed E-state index contributed by atoms with van der Waals surface area (Å²) in [5, 5.41) is 6.96. The molecule has 1 aliphatic heterocycles. The molecule has 0 aliphatic carbocycles. The van der Waals surface area contributed by atoms with Crippen LogP contribution < -0.4 is 20.5 Å². The van der Waals surface area contributed by atoms with Crippen LogP contribution in [0.5, 0.6) is 11.5 Å². The number of hydrogen-bond acceptors (Lipinski definition) is 5. The van der Waals surface area contributed by atoms with Gasteiger partial charge in [0.15, 0.2) is 11.5 Å². The maximum atomic E-state index is 12.2. The number of primary amides is 1. The van der Waals surface area contributed by atoms with Gasteiger partial charge in [0.05, 0.1) is 5.69 Å². The lowest BCUT2D eigenvalue weighted by molar-refractivity contribution is -0.116. The van der Waals surface area contributed by atoms with E-state index in [-0.39, 0.29) is 18.4 Å². The SMILES string of the molecule is NC(=O)c1ccn(-c2ccc(NC(=O)CCc3ccc4c(c3)OCO4)cc2)n1. The number of hydrogen-bond donors (Lipinski definition) is 2. The van der Waals surface area contributed by atoms with Crippen molar-refractivity contribution in [2.45, 2.75) is 12.8 Å². The van der Waals surface area contributed by atoms with Crippen LogP contribution in [-0.4, -0.2) is 28.4 Å². The topological polar surface area (TPSA) is 108 Å². The summed E-state index contributed by atoms with van der Waals surface area (Å²) >= 11 is 0. The maximum Gasteiger partial charge on any atom is 0.269 e. The van der Waals surface area contributed by atoms with Crippen LogP contribution >= 0.6 is 0 Å². The molecule has 0 spiro atoms. The van der Waals surface area contributed by atoms with Crippen LogP contribution in [0.1, 0.15) is 22.5 Å². The highest BCUT2D eigenvalue weighted by atomic mass is 16.7. The second kappa shape index (κ2) is 7.43. The van der Waals surface area contributed by atoms with E-state index >= 15 is 0 Å². The number of rotatable bonds is 6. The van der Waals surface area contributed by atoms with Gasteiger partial charge in [-0.2, -0.15) is 5.10 Å². The first kappa shape index (κ1) is 17.6. The van der Waals surface area contributed by atoms with Gasteiger partial charge >= 0.3 is 0 Å². The van der Waals surface area contributed by atoms with Crippen LogP contribution in [0, 0.1) is 0 Å². The Bertz CT molecular complexity index is 1030. The lowest BCUT2D eigenvalue weighted by Crippen LogP contribution is -2.13. The fourth-order valence-corrected chi connectivity index (χ4v) is 2.87. The fourth-order valence-electron chi connectivity index (χ4n) is 2.87. The molecule has 2 heterocycles. The third-order valence-corrected chi connectivity index (χ3v) is 4.33. The fraction of sp³-hybridized carbons (Fsp3) is 0.150. The highest BCUT2D eigenvalue weighted by Gasteiger charge is 2.13. The predicted octanol–water partition coefficient (Wildman–Crippen LogP) is 2.27. The molecule has 28 heavy (non-hydrogen) atoms. The van der Waals surface area contributed by atoms with E-state index in [1.807, 2.05) is 18.2 Å². The standard InChI is InChI=1S/C20H18N4O4/c21-20(26)16-9-10-24(23-16)15-5-3-14(4-6-15)22-19(25)8-2-13-1-7-17-18(11-13)28-12-27-17/h1,3-7,9-11H,2,8,12H2,(H2,21,26)(H,22,25). The molecule has 3 N–H and O–H groups in total. The van der Waals surface area contributed by atoms with Crippen molar-refractivity contribution < 1.29 is 19.1 Å². The van der Waals surface area contributed by atoms with E-state index < -0.39 is 5.91 Å². The van der Waals surface area contributed by atoms with Gasteiger partial charge in [0.2, 0.25) is 12.7 Å². The van der Waals surface area contributed by atoms with Crippen LogP contribution in [0.4, 0.5) is 5.69 Å². The second-order valence-corrected chi connectivity index (χ2v) is 6.29. The maximum absolute atomic E-state index is 12.2. The van der Waals surface area contributed by atoms with Gasteiger partial charge in [0.25, 0.3) is 5.91 Å². The monoisotopic (exact) mass is 378 g/mol. The van der Waals surface area contributed by atoms with Crippen molar-refractivity contribution in [1.29, 1.82) is 0 Å². The van der Waals surface area contributed by atoms with Crippen molar-refractivity contribution in [3.8, 4) is 17.2 Å². The Labute approximate surface area is 160 Å². The molecule has 2 aromatic carbocycles. The highest BCUT2D eigenvalue weighted by Crippen LogP contribution is 2.32. The smallest absolute Gasteiger partial charge is 0.269 e. The third kappa shape index (κ3) is 3.80. The molecular formula is C20H18N4O4. The summed E-state index contributed by atoms with van der Waals surface area (Å²) in [6, 6.07) is 14.4. The first-order valence-corrected chi connectivity index (χ1v) is 8.73. The lowest BCUT2D eigenvalue weighted by Gasteiger charge is -2.07. The number of nitrogens with two attached hydrogens (primary N) is 1. The Balaban J connectivity index is 1.33. The van der Waals surface area contributed by atoms with Crippen LogP contribution in [0.15, 0.2) is 54.7 Å². The van der Waals surface area contributed by atoms with Gasteiger partial charge in [-0.1, -0.05) is 6.07 Å². The number of aromatic nitrogens is 2. The Hall–Kier alpha value is -3.81. The van der Waals surface area contributed by atoms with Crippen molar-refractivity contribution in [2.75, 3.05) is 12.1 Å². The Morgan fingerprint density at radius 2 is 1.86 bits per heavy atom. The van der Waals surface area contributed by atoms with E-state index in [1.54, 1.807) is 41.2 Å². The van der Waals surface area contributed by atoms with Crippen molar-refractivity contribution >= 4 is 17.5 Å². The van der Waals surface area contributed by atoms with Gasteiger partial charge in [-0.3, -0.25) is 9.59 Å². The summed E-state index contributed by atoms with van der Waals surface area (Å²) in [5.41, 5.74) is 7.85. The Morgan fingerprint density at radius 1 is 1.07 bits per heavy atom. The van der Waals surface area contributed by atoms with Crippen LogP contribution in [0.25, 0.3) is 5.69 Å². The Kier molecular flexibility index (Phi) is 4.67. The van der Waals surface area contributed by atoms with Gasteiger partial charge in [-0.05, 0) is 54.4 Å². The Morgan fingerprint density at radius 3 is 2.61 bits per heavy atom. The van der Waals surface area contributed by atoms with Crippen LogP contribution in [0.2, 0.25) is 0 Å². The summed E-state index contributed by atoms with van der Waals surface area (Å²) < 4.78 is 12.2. The molecular weight excluding hydrogens is 360 g/mol. The summed E-state index contributed by atoms with van der Waals surface area (Å²) in [6.45, 7) is 0.234. The highest BCUT2D eigenvalue weighted by molar-refractivity contribution is 5.91. The molecule has 0 unspecified atom stereocenters. The average Bonchev–Trinajstić information content (AvgIpc) is 3.36. The molecule has 8 heteroatoms. The lowest BCUT2D eigenvalue weighted by atomic mass is 10.1. The summed E-state index contributed by atoms with van der Waals surface area (Å²) in [6.07, 6.45) is 2.60. The minimum atomic E-state index is -0.579. The molecule has 0 atom stereocenters. The zero-order chi connectivity index (χ0) is 19.5. The van der Waals surface area contributed by atoms with Crippen molar-refractivity contribution in [3.63, 3.8) is 0 Å². The number of anilines is 1. The largest absolute Gasteiger partial charge is 0.454 e. The molecule has 0 bridgehead atoms. The van der Waals surface area contributed by atoms with E-state index in [2.05, 4.69) is 10.4 Å². The van der Waals surface area contributed by atoms with Crippen LogP contribution in [-0.2, 0) is 11.2 Å². The molecule has 8 nitrogen and oxygen atoms in total. The number of nitrogens with zero attached hydrogens (tertiary/aromatic N) is 2. The molecule has 4 rings (SSSR count). The van der Waals surface area contributed by atoms with E-state index in [0.29, 0.717) is 24.3 Å². The minimum Gasteiger partial charge on any atom is -0.454 e. The van der Waals surface area contributed by atoms with Gasteiger partial charge in [-0.25, -0.2) is 4.68 Å². The average molecular weight is 378 g/mol. The zero-order valence-electron chi connectivity index (χ0n) is 14.9. The normalized spacial score (nSPS) is 12.0. The molecule has 0 saturated heterocycles. The van der Waals surface area contributed by atoms with Gasteiger partial charge in [0, 0.05) is 18.3 Å². The summed E-state index contributed by atoms with van der Waals surface area (Å²) in [5.74, 6) is 0.783. The molecule has 1 aromatic heterocycles. The minimum absolute atomic E-state index is 0.0829. The molecule has 0 fully saturated rings. The van der Waals surface area contributed by atoms with Crippen molar-refractivity contribution in [2.24, 2.45) is 5.73 Å². The van der Waals surface area contributed by atoms with Gasteiger partial charge < -0.3 is 20.5 Å². The van der Waals surface area contributed by atoms with Gasteiger partial charge in [-0.15, -0.1) is 0 Å². The number of fused-ring (bicyclic) bond motifs is 1. The molecule has 1 aliphatic rings. The number of amides is 2. The van der Waals surface area contributed by atoms with Crippen LogP contribution in [0.3, 0.4) is 0 Å². The van der Waals surface area contributed by atoms with E-state index in [0.717, 1.165) is 17.0 Å². The second-order valence-electron chi connectivity index (χ2n) is 6.29. The number of carbonyl (C=O) groups is 2. The van der Waals surface area contributed by atoms with E-state index in [9.17, 15) is 9.59 Å². The zero-order valence-corrected chi connectivity index (χ0v) is 14.9. The molecule has 0 radical (unpaired) electrons. The molecule has 3 aromatic rings. The molecule has 2 amide bonds. The van der Waals surface area contributed by atoms with Crippen molar-refractivity contribution in [3.05, 3.63) is 66.0 Å². The number of nitrogens with one attached hydrogen (secondary N) is 1. The number of benzene rings is 2. The van der Waals surface area contributed by atoms with E-state index in [1.165, 1.54) is 0 Å². The molecule has 142 valence electrons. The van der Waals surface area contributed by atoms with E-state index in [4.69, 9.17) is 15.2 Å². The number of ether oxygens (including phenoxy) is 2. The summed E-state index contributed by atoms with van der Waals surface area (Å²) in [4.78, 5) is 23.3. The number of aryl methyl sites for hydroxylation is 1. The van der Waals surface area contributed by atoms with Crippen molar-refractivity contribution in [1.82, 2.24) is 9.78 Å². The first-order valence-electron chi connectivity index (χ1n) is 8.73. The predicted molar refractivity (Wildman–Crippen MR) is 102 cm³/mol. The molecule has 0 saturated carbocycles. The third-order valence-electron chi connectivity index (χ3n) is 4.33. The number of carbonyl (C=O) groups excluding carboxylic acids is 2. The first-order chi connectivity index (χ1) is 13.6. The summed E-state index contributed by atoms with van der Waals surface area (Å²) in [7, 11) is 0. The quantitative estimate of drug-likeness (QED) is 0.684.